The molecule has 1 N–H and O–H groups in total. The second-order valence-corrected chi connectivity index (χ2v) is 2.94. The molecule has 0 atom stereocenters. The molecule has 72 valence electrons. The Morgan fingerprint density at radius 1 is 1.33 bits per heavy atom. The standard InChI is InChI=1S/C3H6O3S.C3H6.C2H4/c1-2-3-7(4,5)6;1-3-2;1-2/h2H,1,3H2,(H,4,5,6);3H,1H2,2H3;1-2H2. The van der Waals surface area contributed by atoms with Crippen LogP contribution in [0.3, 0.4) is 0 Å². The van der Waals surface area contributed by atoms with E-state index in [4.69, 9.17) is 4.55 Å². The number of hydrogen-bond donors (Lipinski definition) is 1. The van der Waals surface area contributed by atoms with Crippen LogP contribution in [-0.2, 0) is 10.1 Å². The largest absolute Gasteiger partial charge is 0.285 e. The predicted molar refractivity (Wildman–Crippen MR) is 53.7 cm³/mol. The molecule has 4 heteroatoms. The van der Waals surface area contributed by atoms with Crippen molar-refractivity contribution in [2.75, 3.05) is 5.75 Å². The summed E-state index contributed by atoms with van der Waals surface area (Å²) in [5.74, 6) is -0.368. The normalized spacial score (nSPS) is 7.83. The first-order valence-electron chi connectivity index (χ1n) is 3.11. The van der Waals surface area contributed by atoms with Gasteiger partial charge in [-0.1, -0.05) is 12.2 Å². The fourth-order valence-corrected chi connectivity index (χ4v) is 0.447. The zero-order valence-corrected chi connectivity index (χ0v) is 8.18. The van der Waals surface area contributed by atoms with Crippen LogP contribution in [0.5, 0.6) is 0 Å². The summed E-state index contributed by atoms with van der Waals surface area (Å²) < 4.78 is 27.3. The Morgan fingerprint density at radius 3 is 1.58 bits per heavy atom. The Balaban J connectivity index is -0.000000137. The van der Waals surface area contributed by atoms with Crippen LogP contribution in [0.4, 0.5) is 0 Å². The first-order valence-corrected chi connectivity index (χ1v) is 4.72. The molecule has 0 spiro atoms. The average molecular weight is 192 g/mol. The third-order valence-electron chi connectivity index (χ3n) is 0.328. The highest BCUT2D eigenvalue weighted by Gasteiger charge is 1.95. The van der Waals surface area contributed by atoms with Crippen molar-refractivity contribution in [3.8, 4) is 0 Å². The highest BCUT2D eigenvalue weighted by molar-refractivity contribution is 7.85. The summed E-state index contributed by atoms with van der Waals surface area (Å²) in [4.78, 5) is 0. The van der Waals surface area contributed by atoms with Gasteiger partial charge in [-0.2, -0.15) is 8.42 Å². The molecule has 0 saturated heterocycles. The van der Waals surface area contributed by atoms with E-state index in [2.05, 4.69) is 26.3 Å². The molecule has 0 fully saturated rings. The zero-order chi connectivity index (χ0) is 10.6. The van der Waals surface area contributed by atoms with Crippen LogP contribution >= 0.6 is 0 Å². The molecule has 12 heavy (non-hydrogen) atoms. The molecule has 0 aromatic rings. The maximum atomic E-state index is 9.72. The van der Waals surface area contributed by atoms with E-state index in [1.54, 1.807) is 6.08 Å². The topological polar surface area (TPSA) is 54.4 Å². The van der Waals surface area contributed by atoms with Gasteiger partial charge in [0, 0.05) is 0 Å². The van der Waals surface area contributed by atoms with Gasteiger partial charge in [0.25, 0.3) is 10.1 Å². The second kappa shape index (κ2) is 12.8. The van der Waals surface area contributed by atoms with E-state index >= 15 is 0 Å². The fraction of sp³-hybridized carbons (Fsp3) is 0.250. The Morgan fingerprint density at radius 2 is 1.58 bits per heavy atom. The summed E-state index contributed by atoms with van der Waals surface area (Å²) in [6, 6.07) is 0. The molecule has 0 aromatic carbocycles. The van der Waals surface area contributed by atoms with Crippen LogP contribution in [0.1, 0.15) is 6.92 Å². The Hall–Kier alpha value is -0.870. The van der Waals surface area contributed by atoms with E-state index in [1.807, 2.05) is 6.92 Å². The van der Waals surface area contributed by atoms with Crippen molar-refractivity contribution in [1.29, 1.82) is 0 Å². The van der Waals surface area contributed by atoms with Gasteiger partial charge in [-0.25, -0.2) is 0 Å². The van der Waals surface area contributed by atoms with E-state index in [-0.39, 0.29) is 5.75 Å². The van der Waals surface area contributed by atoms with E-state index in [9.17, 15) is 8.42 Å². The van der Waals surface area contributed by atoms with Crippen molar-refractivity contribution in [3.05, 3.63) is 38.5 Å². The van der Waals surface area contributed by atoms with Crippen LogP contribution in [0.15, 0.2) is 38.5 Å². The van der Waals surface area contributed by atoms with Gasteiger partial charge in [0.15, 0.2) is 0 Å². The van der Waals surface area contributed by atoms with E-state index in [0.717, 1.165) is 6.08 Å². The summed E-state index contributed by atoms with van der Waals surface area (Å²) >= 11 is 0. The van der Waals surface area contributed by atoms with Crippen molar-refractivity contribution in [1.82, 2.24) is 0 Å². The summed E-state index contributed by atoms with van der Waals surface area (Å²) in [7, 11) is -3.79. The first-order chi connectivity index (χ1) is 5.47. The maximum Gasteiger partial charge on any atom is 0.268 e. The number of hydrogen-bond acceptors (Lipinski definition) is 2. The van der Waals surface area contributed by atoms with Crippen LogP contribution in [0.2, 0.25) is 0 Å². The molecule has 0 bridgehead atoms. The molecule has 0 rings (SSSR count). The molecule has 0 unspecified atom stereocenters. The number of rotatable bonds is 2. The average Bonchev–Trinajstić information content (AvgIpc) is 1.91. The monoisotopic (exact) mass is 192 g/mol. The van der Waals surface area contributed by atoms with E-state index < -0.39 is 10.1 Å². The molecule has 0 radical (unpaired) electrons. The summed E-state index contributed by atoms with van der Waals surface area (Å²) in [5.41, 5.74) is 0. The van der Waals surface area contributed by atoms with Crippen LogP contribution in [-0.4, -0.2) is 18.7 Å². The highest BCUT2D eigenvalue weighted by Crippen LogP contribution is 1.78. The zero-order valence-electron chi connectivity index (χ0n) is 7.36. The van der Waals surface area contributed by atoms with Gasteiger partial charge in [-0.15, -0.1) is 26.3 Å². The lowest BCUT2D eigenvalue weighted by Crippen LogP contribution is -1.99. The molecule has 0 heterocycles. The summed E-state index contributed by atoms with van der Waals surface area (Å²) in [6.45, 7) is 14.4. The summed E-state index contributed by atoms with van der Waals surface area (Å²) in [5, 5.41) is 0. The van der Waals surface area contributed by atoms with Gasteiger partial charge in [-0.05, 0) is 6.92 Å². The van der Waals surface area contributed by atoms with Gasteiger partial charge in [0.05, 0.1) is 5.75 Å². The molecular weight excluding hydrogens is 176 g/mol. The van der Waals surface area contributed by atoms with Gasteiger partial charge in [0.2, 0.25) is 0 Å². The van der Waals surface area contributed by atoms with Crippen molar-refractivity contribution in [2.45, 2.75) is 6.92 Å². The minimum absolute atomic E-state index is 0.368. The molecule has 0 aliphatic heterocycles. The van der Waals surface area contributed by atoms with Gasteiger partial charge < -0.3 is 0 Å². The number of allylic oxidation sites excluding steroid dienone is 1. The molecule has 0 aliphatic rings. The van der Waals surface area contributed by atoms with Crippen LogP contribution in [0, 0.1) is 0 Å². The maximum absolute atomic E-state index is 9.72. The van der Waals surface area contributed by atoms with Crippen molar-refractivity contribution >= 4 is 10.1 Å². The third-order valence-corrected chi connectivity index (χ3v) is 0.985. The molecule has 3 nitrogen and oxygen atoms in total. The SMILES string of the molecule is C=C.C=CC.C=CCS(=O)(=O)O. The Bertz CT molecular complexity index is 192. The van der Waals surface area contributed by atoms with Gasteiger partial charge >= 0.3 is 0 Å². The van der Waals surface area contributed by atoms with Gasteiger partial charge in [0.1, 0.15) is 0 Å². The lowest BCUT2D eigenvalue weighted by atomic mass is 10.8. The van der Waals surface area contributed by atoms with Gasteiger partial charge in [-0.3, -0.25) is 4.55 Å². The Labute approximate surface area is 74.9 Å². The van der Waals surface area contributed by atoms with Crippen LogP contribution in [0.25, 0.3) is 0 Å². The highest BCUT2D eigenvalue weighted by atomic mass is 32.2. The van der Waals surface area contributed by atoms with E-state index in [0.29, 0.717) is 0 Å². The Kier molecular flexibility index (Phi) is 18.4. The molecular formula is C8H16O3S. The predicted octanol–water partition coefficient (Wildman–Crippen LogP) is 2.05. The first kappa shape index (κ1) is 17.3. The fourth-order valence-electron chi connectivity index (χ4n) is 0.149. The minimum atomic E-state index is -3.79. The summed E-state index contributed by atoms with van der Waals surface area (Å²) in [6.07, 6.45) is 2.87. The van der Waals surface area contributed by atoms with E-state index in [1.165, 1.54) is 0 Å². The lowest BCUT2D eigenvalue weighted by Gasteiger charge is -1.82. The molecule has 0 amide bonds. The van der Waals surface area contributed by atoms with Crippen LogP contribution < -0.4 is 0 Å². The molecule has 0 saturated carbocycles. The second-order valence-electron chi connectivity index (χ2n) is 1.45. The minimum Gasteiger partial charge on any atom is -0.285 e. The smallest absolute Gasteiger partial charge is 0.268 e. The third kappa shape index (κ3) is 61.6. The lowest BCUT2D eigenvalue weighted by molar-refractivity contribution is 0.487. The quantitative estimate of drug-likeness (QED) is 0.538. The molecule has 0 aliphatic carbocycles. The van der Waals surface area contributed by atoms with Crippen molar-refractivity contribution in [2.24, 2.45) is 0 Å². The van der Waals surface area contributed by atoms with Crippen molar-refractivity contribution in [3.63, 3.8) is 0 Å². The molecule has 0 aromatic heterocycles. The van der Waals surface area contributed by atoms with Crippen molar-refractivity contribution < 1.29 is 13.0 Å².